The number of aromatic nitrogens is 2. The van der Waals surface area contributed by atoms with E-state index in [4.69, 9.17) is 0 Å². The van der Waals surface area contributed by atoms with Gasteiger partial charge in [0, 0.05) is 41.6 Å². The molecule has 2 aliphatic rings. The number of rotatable bonds is 3. The molecule has 2 bridgehead atoms. The van der Waals surface area contributed by atoms with Gasteiger partial charge in [-0.2, -0.15) is 0 Å². The molecular weight excluding hydrogens is 354 g/mol. The minimum atomic E-state index is 0.384. The van der Waals surface area contributed by atoms with Gasteiger partial charge >= 0.3 is 0 Å². The van der Waals surface area contributed by atoms with Gasteiger partial charge in [0.05, 0.1) is 6.04 Å². The highest BCUT2D eigenvalue weighted by Gasteiger charge is 2.42. The topological polar surface area (TPSA) is 31.9 Å². The van der Waals surface area contributed by atoms with Crippen molar-refractivity contribution < 1.29 is 0 Å². The minimum Gasteiger partial charge on any atom is -0.357 e. The number of pyridine rings is 1. The maximum atomic E-state index is 4.63. The van der Waals surface area contributed by atoms with Crippen LogP contribution in [0.5, 0.6) is 0 Å². The number of fused-ring (bicyclic) bond motifs is 8. The first-order valence-corrected chi connectivity index (χ1v) is 10.7. The maximum Gasteiger partial charge on any atom is 0.0551 e. The Bertz CT molecular complexity index is 1190. The Morgan fingerprint density at radius 2 is 1.72 bits per heavy atom. The van der Waals surface area contributed by atoms with Crippen molar-refractivity contribution in [3.05, 3.63) is 101 Å². The van der Waals surface area contributed by atoms with Crippen LogP contribution in [0.25, 0.3) is 10.9 Å². The van der Waals surface area contributed by atoms with E-state index in [2.05, 4.69) is 88.8 Å². The van der Waals surface area contributed by atoms with Crippen molar-refractivity contribution in [2.24, 2.45) is 0 Å². The molecule has 0 fully saturated rings. The van der Waals surface area contributed by atoms with Crippen LogP contribution in [0, 0.1) is 0 Å². The normalized spacial score (nSPS) is 20.4. The SMILES string of the molecule is CCc1cncc2c1C[C@@H]1c3[nH]c4ccccc4c3C[C@@H]2N1Cc1ccccc1. The Morgan fingerprint density at radius 3 is 2.59 bits per heavy atom. The molecule has 6 rings (SSSR count). The molecule has 2 aromatic heterocycles. The molecular formula is C26H25N3. The second kappa shape index (κ2) is 6.57. The van der Waals surface area contributed by atoms with Crippen LogP contribution in [-0.4, -0.2) is 14.9 Å². The van der Waals surface area contributed by atoms with Crippen molar-refractivity contribution in [3.8, 4) is 0 Å². The molecule has 29 heavy (non-hydrogen) atoms. The fourth-order valence-electron chi connectivity index (χ4n) is 5.52. The van der Waals surface area contributed by atoms with Crippen LogP contribution in [0.1, 0.15) is 52.5 Å². The number of H-pyrrole nitrogens is 1. The minimum absolute atomic E-state index is 0.384. The van der Waals surface area contributed by atoms with E-state index in [0.717, 1.165) is 25.8 Å². The maximum absolute atomic E-state index is 4.63. The lowest BCUT2D eigenvalue weighted by Crippen LogP contribution is -2.43. The summed E-state index contributed by atoms with van der Waals surface area (Å²) in [6.45, 7) is 3.22. The van der Waals surface area contributed by atoms with Gasteiger partial charge in [-0.25, -0.2) is 0 Å². The Hall–Kier alpha value is -2.91. The van der Waals surface area contributed by atoms with E-state index >= 15 is 0 Å². The highest BCUT2D eigenvalue weighted by Crippen LogP contribution is 2.49. The summed E-state index contributed by atoms with van der Waals surface area (Å²) in [5.41, 5.74) is 9.96. The van der Waals surface area contributed by atoms with E-state index in [1.165, 1.54) is 44.4 Å². The van der Waals surface area contributed by atoms with E-state index in [-0.39, 0.29) is 0 Å². The van der Waals surface area contributed by atoms with Gasteiger partial charge in [-0.3, -0.25) is 9.88 Å². The number of nitrogens with one attached hydrogen (secondary N) is 1. The first kappa shape index (κ1) is 17.0. The fourth-order valence-corrected chi connectivity index (χ4v) is 5.52. The van der Waals surface area contributed by atoms with Crippen LogP contribution in [-0.2, 0) is 25.8 Å². The first-order chi connectivity index (χ1) is 14.3. The van der Waals surface area contributed by atoms with Crippen molar-refractivity contribution in [2.75, 3.05) is 0 Å². The fraction of sp³-hybridized carbons (Fsp3) is 0.269. The summed E-state index contributed by atoms with van der Waals surface area (Å²) in [6, 6.07) is 20.4. The molecule has 144 valence electrons. The number of aryl methyl sites for hydroxylation is 1. The molecule has 2 aromatic carbocycles. The van der Waals surface area contributed by atoms with Crippen molar-refractivity contribution in [2.45, 2.75) is 44.8 Å². The lowest BCUT2D eigenvalue weighted by Gasteiger charge is -2.47. The molecule has 0 spiro atoms. The number of aromatic amines is 1. The summed E-state index contributed by atoms with van der Waals surface area (Å²) in [7, 11) is 0. The molecule has 0 unspecified atom stereocenters. The van der Waals surface area contributed by atoms with Gasteiger partial charge in [-0.05, 0) is 53.1 Å². The molecule has 3 nitrogen and oxygen atoms in total. The van der Waals surface area contributed by atoms with Crippen molar-refractivity contribution in [3.63, 3.8) is 0 Å². The zero-order chi connectivity index (χ0) is 19.4. The summed E-state index contributed by atoms with van der Waals surface area (Å²) in [5.74, 6) is 0. The molecule has 0 aliphatic carbocycles. The predicted octanol–water partition coefficient (Wildman–Crippen LogP) is 5.52. The van der Waals surface area contributed by atoms with Crippen molar-refractivity contribution in [1.82, 2.24) is 14.9 Å². The number of nitrogens with zero attached hydrogens (tertiary/aromatic N) is 2. The highest BCUT2D eigenvalue weighted by molar-refractivity contribution is 5.85. The van der Waals surface area contributed by atoms with Gasteiger partial charge in [-0.15, -0.1) is 0 Å². The van der Waals surface area contributed by atoms with Crippen LogP contribution in [0.15, 0.2) is 67.0 Å². The smallest absolute Gasteiger partial charge is 0.0551 e. The van der Waals surface area contributed by atoms with Gasteiger partial charge in [0.2, 0.25) is 0 Å². The van der Waals surface area contributed by atoms with Gasteiger partial charge in [-0.1, -0.05) is 55.5 Å². The second-order valence-corrected chi connectivity index (χ2v) is 8.38. The molecule has 0 saturated heterocycles. The summed E-state index contributed by atoms with van der Waals surface area (Å²) < 4.78 is 0. The molecule has 4 heterocycles. The van der Waals surface area contributed by atoms with E-state index in [0.29, 0.717) is 12.1 Å². The standard InChI is InChI=1S/C26H25N3/c1-2-18-14-27-15-22-20(18)12-25-26-21(19-10-6-7-11-23(19)28-26)13-24(22)29(25)16-17-8-4-3-5-9-17/h3-11,14-15,24-25,28H,2,12-13,16H2,1H3/t24-,25+/m0/s1. The molecule has 3 heteroatoms. The van der Waals surface area contributed by atoms with Crippen molar-refractivity contribution >= 4 is 10.9 Å². The Morgan fingerprint density at radius 1 is 0.931 bits per heavy atom. The van der Waals surface area contributed by atoms with Crippen LogP contribution in [0.4, 0.5) is 0 Å². The third-order valence-electron chi connectivity index (χ3n) is 6.90. The summed E-state index contributed by atoms with van der Waals surface area (Å²) in [6.07, 6.45) is 7.36. The molecule has 2 aliphatic heterocycles. The zero-order valence-corrected chi connectivity index (χ0v) is 16.7. The molecule has 0 radical (unpaired) electrons. The third kappa shape index (κ3) is 2.57. The van der Waals surface area contributed by atoms with Crippen molar-refractivity contribution in [1.29, 1.82) is 0 Å². The number of hydrogen-bond acceptors (Lipinski definition) is 2. The van der Waals surface area contributed by atoms with Gasteiger partial charge in [0.15, 0.2) is 0 Å². The molecule has 2 atom stereocenters. The Kier molecular flexibility index (Phi) is 3.85. The van der Waals surface area contributed by atoms with Crippen LogP contribution in [0.3, 0.4) is 0 Å². The summed E-state index contributed by atoms with van der Waals surface area (Å²) in [4.78, 5) is 11.1. The third-order valence-corrected chi connectivity index (χ3v) is 6.90. The van der Waals surface area contributed by atoms with Gasteiger partial charge < -0.3 is 4.98 Å². The quantitative estimate of drug-likeness (QED) is 0.508. The highest BCUT2D eigenvalue weighted by atomic mass is 15.2. The molecule has 0 saturated carbocycles. The van der Waals surface area contributed by atoms with E-state index in [1.807, 2.05) is 0 Å². The van der Waals surface area contributed by atoms with E-state index in [9.17, 15) is 0 Å². The molecule has 4 aromatic rings. The first-order valence-electron chi connectivity index (χ1n) is 10.7. The lowest BCUT2D eigenvalue weighted by atomic mass is 9.77. The number of para-hydroxylation sites is 1. The number of benzene rings is 2. The zero-order valence-electron chi connectivity index (χ0n) is 16.7. The average Bonchev–Trinajstić information content (AvgIpc) is 3.13. The lowest BCUT2D eigenvalue weighted by molar-refractivity contribution is 0.0900. The van der Waals surface area contributed by atoms with Crippen LogP contribution < -0.4 is 0 Å². The molecule has 1 N–H and O–H groups in total. The van der Waals surface area contributed by atoms with E-state index < -0.39 is 0 Å². The summed E-state index contributed by atoms with van der Waals surface area (Å²) >= 11 is 0. The Labute approximate surface area is 171 Å². The van der Waals surface area contributed by atoms with E-state index in [1.54, 1.807) is 0 Å². The van der Waals surface area contributed by atoms with Gasteiger partial charge in [0.25, 0.3) is 0 Å². The van der Waals surface area contributed by atoms with Gasteiger partial charge in [0.1, 0.15) is 0 Å². The average molecular weight is 380 g/mol. The molecule has 0 amide bonds. The van der Waals surface area contributed by atoms with Crippen LogP contribution in [0.2, 0.25) is 0 Å². The predicted molar refractivity (Wildman–Crippen MR) is 117 cm³/mol. The second-order valence-electron chi connectivity index (χ2n) is 8.38. The number of hydrogen-bond donors (Lipinski definition) is 1. The Balaban J connectivity index is 1.53. The largest absolute Gasteiger partial charge is 0.357 e. The summed E-state index contributed by atoms with van der Waals surface area (Å²) in [5, 5.41) is 1.39. The van der Waals surface area contributed by atoms with Crippen LogP contribution >= 0.6 is 0 Å². The monoisotopic (exact) mass is 379 g/mol.